The number of carbonyl (C=O) groups is 3. The van der Waals surface area contributed by atoms with Crippen LogP contribution in [0.2, 0.25) is 0 Å². The molecule has 92 valence electrons. The Bertz CT molecular complexity index is 314. The summed E-state index contributed by atoms with van der Waals surface area (Å²) in [4.78, 5) is 34.1. The second kappa shape index (κ2) is 4.93. The first-order chi connectivity index (χ1) is 7.10. The number of amides is 2. The number of carbonyl (C=O) groups excluding carboxylic acids is 2. The smallest absolute Gasteiger partial charge is 0.329 e. The van der Waals surface area contributed by atoms with Crippen molar-refractivity contribution in [1.82, 2.24) is 4.90 Å². The van der Waals surface area contributed by atoms with E-state index in [2.05, 4.69) is 0 Å². The van der Waals surface area contributed by atoms with Crippen LogP contribution in [0.3, 0.4) is 0 Å². The molecular weight excluding hydrogens is 214 g/mol. The maximum atomic E-state index is 11.7. The molecule has 0 radical (unpaired) electrons. The number of carboxylic acids is 1. The number of nitrogens with zero attached hydrogens (tertiary/aromatic N) is 1. The molecule has 0 aromatic carbocycles. The summed E-state index contributed by atoms with van der Waals surface area (Å²) >= 11 is 0. The van der Waals surface area contributed by atoms with E-state index in [1.54, 1.807) is 0 Å². The molecule has 0 aliphatic heterocycles. The van der Waals surface area contributed by atoms with Gasteiger partial charge in [-0.15, -0.1) is 0 Å². The lowest BCUT2D eigenvalue weighted by Crippen LogP contribution is -2.55. The molecule has 0 saturated carbocycles. The maximum Gasteiger partial charge on any atom is 0.329 e. The molecule has 1 unspecified atom stereocenters. The van der Waals surface area contributed by atoms with Gasteiger partial charge in [-0.1, -0.05) is 0 Å². The van der Waals surface area contributed by atoms with E-state index in [0.717, 1.165) is 4.90 Å². The van der Waals surface area contributed by atoms with Gasteiger partial charge >= 0.3 is 5.97 Å². The van der Waals surface area contributed by atoms with Gasteiger partial charge < -0.3 is 21.5 Å². The van der Waals surface area contributed by atoms with Gasteiger partial charge in [0.1, 0.15) is 5.54 Å². The van der Waals surface area contributed by atoms with E-state index in [9.17, 15) is 14.4 Å². The molecule has 0 aliphatic carbocycles. The summed E-state index contributed by atoms with van der Waals surface area (Å²) < 4.78 is 0. The van der Waals surface area contributed by atoms with Gasteiger partial charge in [0.2, 0.25) is 11.8 Å². The third kappa shape index (κ3) is 3.20. The van der Waals surface area contributed by atoms with Crippen LogP contribution in [-0.2, 0) is 14.4 Å². The Morgan fingerprint density at radius 3 is 2.12 bits per heavy atom. The Morgan fingerprint density at radius 1 is 1.38 bits per heavy atom. The quantitative estimate of drug-likeness (QED) is 0.531. The molecule has 0 bridgehead atoms. The van der Waals surface area contributed by atoms with E-state index >= 15 is 0 Å². The van der Waals surface area contributed by atoms with Crippen molar-refractivity contribution in [3.05, 3.63) is 0 Å². The van der Waals surface area contributed by atoms with Crippen LogP contribution in [0.15, 0.2) is 0 Å². The van der Waals surface area contributed by atoms with Crippen LogP contribution in [0.4, 0.5) is 0 Å². The van der Waals surface area contributed by atoms with E-state index in [-0.39, 0.29) is 6.42 Å². The number of aliphatic carboxylic acids is 1. The van der Waals surface area contributed by atoms with Crippen molar-refractivity contribution >= 4 is 17.8 Å². The van der Waals surface area contributed by atoms with Gasteiger partial charge in [-0.2, -0.15) is 0 Å². The third-order valence-electron chi connectivity index (χ3n) is 2.43. The molecule has 0 heterocycles. The van der Waals surface area contributed by atoms with Gasteiger partial charge in [-0.3, -0.25) is 9.59 Å². The van der Waals surface area contributed by atoms with Crippen LogP contribution in [0.5, 0.6) is 0 Å². The van der Waals surface area contributed by atoms with Crippen molar-refractivity contribution in [2.24, 2.45) is 11.5 Å². The zero-order valence-electron chi connectivity index (χ0n) is 9.56. The first kappa shape index (κ1) is 14.4. The lowest BCUT2D eigenvalue weighted by atomic mass is 10.0. The fourth-order valence-electron chi connectivity index (χ4n) is 0.972. The van der Waals surface area contributed by atoms with Crippen molar-refractivity contribution in [2.45, 2.75) is 31.8 Å². The lowest BCUT2D eigenvalue weighted by molar-refractivity contribution is -0.156. The zero-order valence-corrected chi connectivity index (χ0v) is 9.56. The van der Waals surface area contributed by atoms with E-state index in [1.807, 2.05) is 0 Å². The van der Waals surface area contributed by atoms with E-state index in [4.69, 9.17) is 16.6 Å². The van der Waals surface area contributed by atoms with Gasteiger partial charge in [0, 0.05) is 7.05 Å². The van der Waals surface area contributed by atoms with Crippen LogP contribution in [0, 0.1) is 0 Å². The largest absolute Gasteiger partial charge is 0.480 e. The average Bonchev–Trinajstić information content (AvgIpc) is 2.13. The van der Waals surface area contributed by atoms with Gasteiger partial charge in [-0.25, -0.2) is 4.79 Å². The van der Waals surface area contributed by atoms with Crippen LogP contribution >= 0.6 is 0 Å². The molecule has 2 amide bonds. The van der Waals surface area contributed by atoms with E-state index in [0.29, 0.717) is 0 Å². The third-order valence-corrected chi connectivity index (χ3v) is 2.43. The minimum absolute atomic E-state index is 0.307. The number of rotatable bonds is 5. The molecule has 1 atom stereocenters. The predicted molar refractivity (Wildman–Crippen MR) is 56.3 cm³/mol. The standard InChI is InChI=1S/C9H17N3O4/c1-9(2,8(15)16)12(3)7(14)5(10)4-6(11)13/h5H,4,10H2,1-3H3,(H2,11,13)(H,15,16). The second-order valence-electron chi connectivity index (χ2n) is 4.04. The summed E-state index contributed by atoms with van der Waals surface area (Å²) in [6, 6.07) is -1.11. The van der Waals surface area contributed by atoms with Crippen molar-refractivity contribution in [2.75, 3.05) is 7.05 Å². The maximum absolute atomic E-state index is 11.7. The topological polar surface area (TPSA) is 127 Å². The van der Waals surface area contributed by atoms with Gasteiger partial charge in [0.05, 0.1) is 12.5 Å². The Kier molecular flexibility index (Phi) is 4.43. The summed E-state index contributed by atoms with van der Waals surface area (Å²) in [5.74, 6) is -2.50. The lowest BCUT2D eigenvalue weighted by Gasteiger charge is -2.33. The fraction of sp³-hybridized carbons (Fsp3) is 0.667. The number of likely N-dealkylation sites (N-methyl/N-ethyl adjacent to an activating group) is 1. The monoisotopic (exact) mass is 231 g/mol. The summed E-state index contributed by atoms with van der Waals surface area (Å²) in [6.07, 6.45) is -0.307. The van der Waals surface area contributed by atoms with Crippen LogP contribution in [0.1, 0.15) is 20.3 Å². The van der Waals surface area contributed by atoms with Crippen molar-refractivity contribution in [3.63, 3.8) is 0 Å². The highest BCUT2D eigenvalue weighted by molar-refractivity contribution is 5.91. The molecule has 0 aromatic rings. The second-order valence-corrected chi connectivity index (χ2v) is 4.04. The highest BCUT2D eigenvalue weighted by atomic mass is 16.4. The first-order valence-electron chi connectivity index (χ1n) is 4.65. The molecule has 7 nitrogen and oxygen atoms in total. The Morgan fingerprint density at radius 2 is 1.81 bits per heavy atom. The first-order valence-corrected chi connectivity index (χ1v) is 4.65. The molecule has 0 rings (SSSR count). The predicted octanol–water partition coefficient (Wildman–Crippen LogP) is -1.49. The number of carboxylic acid groups (broad SMARTS) is 1. The molecular formula is C9H17N3O4. The van der Waals surface area contributed by atoms with E-state index < -0.39 is 29.4 Å². The molecule has 16 heavy (non-hydrogen) atoms. The molecule has 7 heteroatoms. The Hall–Kier alpha value is -1.63. The highest BCUT2D eigenvalue weighted by Gasteiger charge is 2.37. The van der Waals surface area contributed by atoms with E-state index in [1.165, 1.54) is 20.9 Å². The summed E-state index contributed by atoms with van der Waals surface area (Å²) in [7, 11) is 1.32. The number of hydrogen-bond donors (Lipinski definition) is 3. The van der Waals surface area contributed by atoms with Crippen LogP contribution < -0.4 is 11.5 Å². The van der Waals surface area contributed by atoms with Gasteiger partial charge in [0.15, 0.2) is 0 Å². The summed E-state index contributed by atoms with van der Waals surface area (Å²) in [6.45, 7) is 2.73. The van der Waals surface area contributed by atoms with Crippen molar-refractivity contribution in [3.8, 4) is 0 Å². The van der Waals surface area contributed by atoms with Crippen LogP contribution in [-0.4, -0.2) is 46.4 Å². The number of primary amides is 1. The zero-order chi connectivity index (χ0) is 13.1. The molecule has 0 aliphatic rings. The minimum Gasteiger partial charge on any atom is -0.480 e. The summed E-state index contributed by atoms with van der Waals surface area (Å²) in [5, 5.41) is 8.90. The molecule has 0 aromatic heterocycles. The van der Waals surface area contributed by atoms with Gasteiger partial charge in [-0.05, 0) is 13.8 Å². The highest BCUT2D eigenvalue weighted by Crippen LogP contribution is 2.13. The van der Waals surface area contributed by atoms with Crippen molar-refractivity contribution < 1.29 is 19.5 Å². The minimum atomic E-state index is -1.38. The summed E-state index contributed by atoms with van der Waals surface area (Å²) in [5.41, 5.74) is 8.94. The number of nitrogens with two attached hydrogens (primary N) is 2. The molecule has 0 saturated heterocycles. The normalized spacial score (nSPS) is 13.0. The number of hydrogen-bond acceptors (Lipinski definition) is 4. The molecule has 5 N–H and O–H groups in total. The van der Waals surface area contributed by atoms with Crippen LogP contribution in [0.25, 0.3) is 0 Å². The van der Waals surface area contributed by atoms with Gasteiger partial charge in [0.25, 0.3) is 0 Å². The average molecular weight is 231 g/mol. The fourth-order valence-corrected chi connectivity index (χ4v) is 0.972. The van der Waals surface area contributed by atoms with Crippen molar-refractivity contribution in [1.29, 1.82) is 0 Å². The molecule has 0 fully saturated rings. The molecule has 0 spiro atoms. The Labute approximate surface area is 93.4 Å². The Balaban J connectivity index is 4.74. The SMILES string of the molecule is CN(C(=O)C(N)CC(N)=O)C(C)(C)C(=O)O.